The summed E-state index contributed by atoms with van der Waals surface area (Å²) in [5.74, 6) is 1.74. The van der Waals surface area contributed by atoms with Crippen molar-refractivity contribution in [2.75, 3.05) is 14.1 Å². The molecule has 2 aromatic carbocycles. The Labute approximate surface area is 194 Å². The van der Waals surface area contributed by atoms with Gasteiger partial charge in [-0.2, -0.15) is 0 Å². The van der Waals surface area contributed by atoms with Crippen LogP contribution in [0, 0.1) is 0 Å². The maximum absolute atomic E-state index is 6.40. The third-order valence-corrected chi connectivity index (χ3v) is 7.08. The van der Waals surface area contributed by atoms with Crippen molar-refractivity contribution < 1.29 is 9.26 Å². The predicted molar refractivity (Wildman–Crippen MR) is 127 cm³/mol. The molecule has 2 bridgehead atoms. The Morgan fingerprint density at radius 1 is 1.06 bits per heavy atom. The standard InChI is InChI=1S/C26H30ClN3O2/c1-29(17-21-13-26(32-28-21)19-6-8-20(27)9-7-19)16-18-4-3-5-24(12-18)31-25-14-22-10-11-23(15-25)30(22)2/h3-9,12-13,22-23,25H,10-11,14-17H2,1-2H3/t22-,23-/m0/s1. The maximum Gasteiger partial charge on any atom is 0.167 e. The zero-order valence-electron chi connectivity index (χ0n) is 18.7. The molecule has 0 radical (unpaired) electrons. The number of fused-ring (bicyclic) bond motifs is 2. The molecule has 6 heteroatoms. The van der Waals surface area contributed by atoms with Crippen molar-refractivity contribution in [1.29, 1.82) is 0 Å². The number of ether oxygens (including phenoxy) is 1. The number of nitrogens with zero attached hydrogens (tertiary/aromatic N) is 3. The first-order chi connectivity index (χ1) is 15.5. The summed E-state index contributed by atoms with van der Waals surface area (Å²) in [5.41, 5.74) is 3.12. The van der Waals surface area contributed by atoms with Crippen LogP contribution in [0.2, 0.25) is 5.02 Å². The summed E-state index contributed by atoms with van der Waals surface area (Å²) in [5, 5.41) is 4.95. The average Bonchev–Trinajstić information content (AvgIpc) is 3.29. The second kappa shape index (κ2) is 9.26. The third kappa shape index (κ3) is 4.85. The van der Waals surface area contributed by atoms with E-state index < -0.39 is 0 Å². The van der Waals surface area contributed by atoms with Crippen LogP contribution in [0.4, 0.5) is 0 Å². The third-order valence-electron chi connectivity index (χ3n) is 6.83. The van der Waals surface area contributed by atoms with Crippen molar-refractivity contribution in [3.05, 3.63) is 70.9 Å². The number of aromatic nitrogens is 1. The van der Waals surface area contributed by atoms with E-state index in [1.807, 2.05) is 30.3 Å². The molecule has 2 aliphatic heterocycles. The van der Waals surface area contributed by atoms with Gasteiger partial charge in [-0.3, -0.25) is 4.90 Å². The number of hydrogen-bond acceptors (Lipinski definition) is 5. The topological polar surface area (TPSA) is 41.7 Å². The minimum Gasteiger partial charge on any atom is -0.490 e. The second-order valence-corrected chi connectivity index (χ2v) is 9.71. The Balaban J connectivity index is 1.17. The van der Waals surface area contributed by atoms with Gasteiger partial charge in [-0.15, -0.1) is 0 Å². The van der Waals surface area contributed by atoms with Crippen LogP contribution in [0.15, 0.2) is 59.1 Å². The first kappa shape index (κ1) is 21.5. The van der Waals surface area contributed by atoms with Gasteiger partial charge in [0.1, 0.15) is 11.9 Å². The summed E-state index contributed by atoms with van der Waals surface area (Å²) in [4.78, 5) is 4.78. The van der Waals surface area contributed by atoms with Crippen molar-refractivity contribution in [3.8, 4) is 17.1 Å². The molecule has 3 heterocycles. The van der Waals surface area contributed by atoms with Gasteiger partial charge in [-0.25, -0.2) is 0 Å². The van der Waals surface area contributed by atoms with E-state index in [0.29, 0.717) is 29.8 Å². The molecule has 2 fully saturated rings. The molecular formula is C26H30ClN3O2. The van der Waals surface area contributed by atoms with Crippen molar-refractivity contribution in [2.45, 2.75) is 57.0 Å². The molecule has 2 saturated heterocycles. The Kier molecular flexibility index (Phi) is 6.22. The summed E-state index contributed by atoms with van der Waals surface area (Å²) in [6.07, 6.45) is 5.23. The van der Waals surface area contributed by atoms with E-state index in [2.05, 4.69) is 53.3 Å². The zero-order valence-corrected chi connectivity index (χ0v) is 19.5. The van der Waals surface area contributed by atoms with Crippen LogP contribution < -0.4 is 4.74 Å². The van der Waals surface area contributed by atoms with Gasteiger partial charge in [-0.1, -0.05) is 28.9 Å². The summed E-state index contributed by atoms with van der Waals surface area (Å²) in [6.45, 7) is 1.53. The summed E-state index contributed by atoms with van der Waals surface area (Å²) in [6, 6.07) is 19.5. The van der Waals surface area contributed by atoms with Gasteiger partial charge in [0, 0.05) is 41.8 Å². The molecule has 5 rings (SSSR count). The zero-order chi connectivity index (χ0) is 22.1. The molecule has 0 N–H and O–H groups in total. The fourth-order valence-electron chi connectivity index (χ4n) is 5.15. The van der Waals surface area contributed by atoms with E-state index >= 15 is 0 Å². The fourth-order valence-corrected chi connectivity index (χ4v) is 5.27. The van der Waals surface area contributed by atoms with Gasteiger partial charge in [0.05, 0.1) is 5.69 Å². The lowest BCUT2D eigenvalue weighted by Gasteiger charge is -2.36. The quantitative estimate of drug-likeness (QED) is 0.465. The molecule has 32 heavy (non-hydrogen) atoms. The molecule has 2 aliphatic rings. The number of rotatable bonds is 7. The average molecular weight is 452 g/mol. The van der Waals surface area contributed by atoms with Gasteiger partial charge in [0.15, 0.2) is 5.76 Å². The van der Waals surface area contributed by atoms with E-state index in [9.17, 15) is 0 Å². The first-order valence-electron chi connectivity index (χ1n) is 11.4. The SMILES string of the molecule is CN(Cc1cccc(OC2C[C@@H]3CC[C@@H](C2)N3C)c1)Cc1cc(-c2ccc(Cl)cc2)on1. The number of piperidine rings is 1. The van der Waals surface area contributed by atoms with Gasteiger partial charge in [0.25, 0.3) is 0 Å². The maximum atomic E-state index is 6.40. The molecule has 5 nitrogen and oxygen atoms in total. The highest BCUT2D eigenvalue weighted by atomic mass is 35.5. The molecule has 0 amide bonds. The molecular weight excluding hydrogens is 422 g/mol. The summed E-state index contributed by atoms with van der Waals surface area (Å²) >= 11 is 5.97. The van der Waals surface area contributed by atoms with Crippen molar-refractivity contribution in [1.82, 2.24) is 15.0 Å². The smallest absolute Gasteiger partial charge is 0.167 e. The van der Waals surface area contributed by atoms with E-state index in [4.69, 9.17) is 20.9 Å². The van der Waals surface area contributed by atoms with Crippen LogP contribution in [-0.2, 0) is 13.1 Å². The Bertz CT molecular complexity index is 1040. The Morgan fingerprint density at radius 2 is 1.81 bits per heavy atom. The van der Waals surface area contributed by atoms with Crippen LogP contribution in [0.3, 0.4) is 0 Å². The van der Waals surface area contributed by atoms with Gasteiger partial charge >= 0.3 is 0 Å². The Morgan fingerprint density at radius 3 is 2.56 bits per heavy atom. The van der Waals surface area contributed by atoms with E-state index in [-0.39, 0.29) is 0 Å². The van der Waals surface area contributed by atoms with Crippen molar-refractivity contribution >= 4 is 11.6 Å². The summed E-state index contributed by atoms with van der Waals surface area (Å²) < 4.78 is 11.9. The highest BCUT2D eigenvalue weighted by Gasteiger charge is 2.39. The van der Waals surface area contributed by atoms with E-state index in [1.54, 1.807) is 0 Å². The molecule has 0 spiro atoms. The van der Waals surface area contributed by atoms with Crippen molar-refractivity contribution in [2.24, 2.45) is 0 Å². The lowest BCUT2D eigenvalue weighted by molar-refractivity contribution is 0.0661. The van der Waals surface area contributed by atoms with Crippen LogP contribution in [0.1, 0.15) is 36.9 Å². The first-order valence-corrected chi connectivity index (χ1v) is 11.8. The Hall–Kier alpha value is -2.34. The van der Waals surface area contributed by atoms with Gasteiger partial charge in [0.2, 0.25) is 0 Å². The molecule has 0 saturated carbocycles. The predicted octanol–water partition coefficient (Wildman–Crippen LogP) is 5.63. The fraction of sp³-hybridized carbons (Fsp3) is 0.423. The van der Waals surface area contributed by atoms with E-state index in [1.165, 1.54) is 18.4 Å². The number of benzene rings is 2. The molecule has 0 unspecified atom stereocenters. The second-order valence-electron chi connectivity index (χ2n) is 9.27. The van der Waals surface area contributed by atoms with Gasteiger partial charge < -0.3 is 14.2 Å². The van der Waals surface area contributed by atoms with Crippen LogP contribution in [0.25, 0.3) is 11.3 Å². The monoisotopic (exact) mass is 451 g/mol. The lowest BCUT2D eigenvalue weighted by atomic mass is 10.0. The molecule has 1 aromatic heterocycles. The normalized spacial score (nSPS) is 23.1. The number of hydrogen-bond donors (Lipinski definition) is 0. The molecule has 3 aromatic rings. The van der Waals surface area contributed by atoms with E-state index in [0.717, 1.165) is 42.2 Å². The highest BCUT2D eigenvalue weighted by molar-refractivity contribution is 6.30. The largest absolute Gasteiger partial charge is 0.490 e. The van der Waals surface area contributed by atoms with Crippen LogP contribution in [-0.4, -0.2) is 47.2 Å². The summed E-state index contributed by atoms with van der Waals surface area (Å²) in [7, 11) is 4.36. The number of halogens is 1. The van der Waals surface area contributed by atoms with Crippen molar-refractivity contribution in [3.63, 3.8) is 0 Å². The van der Waals surface area contributed by atoms with Gasteiger partial charge in [-0.05, 0) is 81.7 Å². The minimum atomic E-state index is 0.332. The minimum absolute atomic E-state index is 0.332. The van der Waals surface area contributed by atoms with Crippen LogP contribution in [0.5, 0.6) is 5.75 Å². The molecule has 168 valence electrons. The molecule has 2 atom stereocenters. The van der Waals surface area contributed by atoms with Crippen LogP contribution >= 0.6 is 11.6 Å². The highest BCUT2D eigenvalue weighted by Crippen LogP contribution is 2.36. The molecule has 0 aliphatic carbocycles. The lowest BCUT2D eigenvalue weighted by Crippen LogP contribution is -2.43.